The molecule has 45 heavy (non-hydrogen) atoms. The minimum atomic E-state index is -3.67. The van der Waals surface area contributed by atoms with E-state index in [9.17, 15) is 16.8 Å². The first-order valence-electron chi connectivity index (χ1n) is 13.2. The average Bonchev–Trinajstić information content (AvgIpc) is 3.60. The Morgan fingerprint density at radius 2 is 0.933 bits per heavy atom. The van der Waals surface area contributed by atoms with E-state index < -0.39 is 20.0 Å². The molecule has 0 fully saturated rings. The summed E-state index contributed by atoms with van der Waals surface area (Å²) < 4.78 is 68.6. The Morgan fingerprint density at radius 1 is 0.578 bits per heavy atom. The highest BCUT2D eigenvalue weighted by molar-refractivity contribution is 7.93. The van der Waals surface area contributed by atoms with E-state index in [-0.39, 0.29) is 15.3 Å². The van der Waals surface area contributed by atoms with Crippen LogP contribution in [0.2, 0.25) is 0 Å². The van der Waals surface area contributed by atoms with Crippen LogP contribution in [0.4, 0.5) is 11.4 Å². The summed E-state index contributed by atoms with van der Waals surface area (Å²) in [5, 5.41) is 10.0. The molecule has 2 heterocycles. The van der Waals surface area contributed by atoms with Crippen molar-refractivity contribution in [1.29, 1.82) is 0 Å². The first-order valence-corrected chi connectivity index (χ1v) is 16.1. The molecule has 13 nitrogen and oxygen atoms in total. The molecule has 0 spiro atoms. The predicted octanol–water partition coefficient (Wildman–Crippen LogP) is 3.94. The van der Waals surface area contributed by atoms with Gasteiger partial charge >= 0.3 is 0 Å². The third-order valence-electron chi connectivity index (χ3n) is 6.75. The number of methoxy groups -OCH3 is 2. The number of sulfonamides is 2. The van der Waals surface area contributed by atoms with Gasteiger partial charge in [-0.15, -0.1) is 0 Å². The van der Waals surface area contributed by atoms with Gasteiger partial charge in [0, 0.05) is 24.9 Å². The van der Waals surface area contributed by atoms with Crippen molar-refractivity contribution >= 4 is 53.2 Å². The van der Waals surface area contributed by atoms with Crippen molar-refractivity contribution in [2.45, 2.75) is 9.79 Å². The Morgan fingerprint density at radius 3 is 1.27 bits per heavy atom. The molecule has 6 rings (SSSR count). The number of hydrogen-bond donors (Lipinski definition) is 2. The van der Waals surface area contributed by atoms with E-state index in [0.717, 1.165) is 21.8 Å². The molecule has 2 aromatic heterocycles. The summed E-state index contributed by atoms with van der Waals surface area (Å²) in [5.74, 6) is 1.21. The van der Waals surface area contributed by atoms with E-state index in [0.29, 0.717) is 22.9 Å². The maximum absolute atomic E-state index is 12.5. The van der Waals surface area contributed by atoms with Gasteiger partial charge in [0.05, 0.1) is 58.8 Å². The fourth-order valence-electron chi connectivity index (χ4n) is 4.55. The van der Waals surface area contributed by atoms with Crippen LogP contribution < -0.4 is 18.9 Å². The Hall–Kier alpha value is -5.12. The van der Waals surface area contributed by atoms with Gasteiger partial charge in [-0.2, -0.15) is 10.2 Å². The first-order chi connectivity index (χ1) is 21.0. The van der Waals surface area contributed by atoms with Gasteiger partial charge in [-0.1, -0.05) is 24.3 Å². The van der Waals surface area contributed by atoms with Crippen molar-refractivity contribution in [3.63, 3.8) is 0 Å². The predicted molar refractivity (Wildman–Crippen MR) is 173 cm³/mol. The van der Waals surface area contributed by atoms with Crippen molar-refractivity contribution in [3.8, 4) is 11.5 Å². The molecule has 0 saturated heterocycles. The molecule has 0 amide bonds. The van der Waals surface area contributed by atoms with E-state index in [1.54, 1.807) is 84.4 Å². The number of anilines is 2. The molecule has 0 aliphatic carbocycles. The lowest BCUT2D eigenvalue weighted by molar-refractivity contribution is 0.414. The van der Waals surface area contributed by atoms with Crippen LogP contribution >= 0.6 is 0 Å². The van der Waals surface area contributed by atoms with Gasteiger partial charge in [-0.05, 0) is 60.7 Å². The van der Waals surface area contributed by atoms with Gasteiger partial charge in [0.2, 0.25) is 0 Å². The lowest BCUT2D eigenvalue weighted by atomic mass is 10.2. The van der Waals surface area contributed by atoms with Crippen LogP contribution in [0, 0.1) is 0 Å². The van der Waals surface area contributed by atoms with Gasteiger partial charge in [-0.3, -0.25) is 18.8 Å². The summed E-state index contributed by atoms with van der Waals surface area (Å²) in [7, 11) is -0.734. The number of para-hydroxylation sites is 2. The van der Waals surface area contributed by atoms with Crippen molar-refractivity contribution in [2.24, 2.45) is 14.1 Å². The van der Waals surface area contributed by atoms with E-state index in [1.807, 2.05) is 12.1 Å². The first kappa shape index (κ1) is 32.8. The summed E-state index contributed by atoms with van der Waals surface area (Å²) in [6.07, 6.45) is 3.39. The standard InChI is InChI=1S/2C15H15N3O3S.H2O/c2*1-18-15-11(10-16-18)4-3-5-14(15)17-22(19,20)13-8-6-12(21-2)7-9-13;/h2*3-10,17H,1-2H3;1H2. The molecule has 6 aromatic rings. The zero-order chi connectivity index (χ0) is 31.5. The smallest absolute Gasteiger partial charge is 0.261 e. The molecule has 0 radical (unpaired) electrons. The highest BCUT2D eigenvalue weighted by Gasteiger charge is 2.18. The molecule has 0 saturated carbocycles. The topological polar surface area (TPSA) is 178 Å². The van der Waals surface area contributed by atoms with Crippen LogP contribution in [0.25, 0.3) is 21.8 Å². The maximum Gasteiger partial charge on any atom is 0.261 e. The number of rotatable bonds is 8. The van der Waals surface area contributed by atoms with Crippen LogP contribution in [0.3, 0.4) is 0 Å². The van der Waals surface area contributed by atoms with Crippen LogP contribution in [-0.4, -0.2) is 56.1 Å². The SMILES string of the molecule is COc1ccc(S(=O)(=O)Nc2cccc3cnn(C)c23)cc1.COc1ccc(S(=O)(=O)Nc2cccc3cnn(C)c23)cc1.O. The minimum Gasteiger partial charge on any atom is -0.497 e. The summed E-state index contributed by atoms with van der Waals surface area (Å²) in [6, 6.07) is 23.2. The van der Waals surface area contributed by atoms with Gasteiger partial charge < -0.3 is 14.9 Å². The van der Waals surface area contributed by atoms with Crippen LogP contribution in [0.1, 0.15) is 0 Å². The Kier molecular flexibility index (Phi) is 9.66. The van der Waals surface area contributed by atoms with E-state index in [1.165, 1.54) is 38.5 Å². The van der Waals surface area contributed by atoms with Gasteiger partial charge in [-0.25, -0.2) is 16.8 Å². The zero-order valence-electron chi connectivity index (χ0n) is 24.8. The lowest BCUT2D eigenvalue weighted by Gasteiger charge is -2.10. The Bertz CT molecular complexity index is 1990. The number of nitrogens with one attached hydrogen (secondary N) is 2. The fraction of sp³-hybridized carbons (Fsp3) is 0.133. The largest absolute Gasteiger partial charge is 0.497 e. The second-order valence-electron chi connectivity index (χ2n) is 9.59. The number of benzene rings is 4. The molecular formula is C30H32N6O7S2. The second kappa shape index (κ2) is 13.3. The van der Waals surface area contributed by atoms with E-state index >= 15 is 0 Å². The monoisotopic (exact) mass is 652 g/mol. The normalized spacial score (nSPS) is 11.3. The van der Waals surface area contributed by atoms with Crippen LogP contribution in [0.15, 0.2) is 107 Å². The number of hydrogen-bond acceptors (Lipinski definition) is 8. The maximum atomic E-state index is 12.5. The molecule has 0 aliphatic rings. The van der Waals surface area contributed by atoms with Crippen molar-refractivity contribution in [2.75, 3.05) is 23.7 Å². The highest BCUT2D eigenvalue weighted by atomic mass is 32.2. The third kappa shape index (κ3) is 7.01. The number of fused-ring (bicyclic) bond motifs is 2. The van der Waals surface area contributed by atoms with E-state index in [4.69, 9.17) is 9.47 Å². The molecule has 0 atom stereocenters. The van der Waals surface area contributed by atoms with Crippen LogP contribution in [0.5, 0.6) is 11.5 Å². The van der Waals surface area contributed by atoms with Gasteiger partial charge in [0.1, 0.15) is 11.5 Å². The quantitative estimate of drug-likeness (QED) is 0.248. The Balaban J connectivity index is 0.000000200. The molecule has 4 N–H and O–H groups in total. The number of nitrogens with zero attached hydrogens (tertiary/aromatic N) is 4. The molecule has 0 bridgehead atoms. The van der Waals surface area contributed by atoms with Crippen molar-refractivity contribution < 1.29 is 31.8 Å². The van der Waals surface area contributed by atoms with Crippen molar-refractivity contribution in [1.82, 2.24) is 19.6 Å². The molecule has 4 aromatic carbocycles. The summed E-state index contributed by atoms with van der Waals surface area (Å²) >= 11 is 0. The summed E-state index contributed by atoms with van der Waals surface area (Å²) in [6.45, 7) is 0. The number of aromatic nitrogens is 4. The number of aryl methyl sites for hydroxylation is 2. The molecule has 0 aliphatic heterocycles. The summed E-state index contributed by atoms with van der Waals surface area (Å²) in [5.41, 5.74) is 2.46. The molecule has 236 valence electrons. The van der Waals surface area contributed by atoms with E-state index in [2.05, 4.69) is 19.6 Å². The second-order valence-corrected chi connectivity index (χ2v) is 13.0. The average molecular weight is 653 g/mol. The van der Waals surface area contributed by atoms with Gasteiger partial charge in [0.25, 0.3) is 20.0 Å². The van der Waals surface area contributed by atoms with Crippen LogP contribution in [-0.2, 0) is 34.1 Å². The minimum absolute atomic E-state index is 0. The summed E-state index contributed by atoms with van der Waals surface area (Å²) in [4.78, 5) is 0.347. The van der Waals surface area contributed by atoms with Gasteiger partial charge in [0.15, 0.2) is 0 Å². The Labute approximate surface area is 260 Å². The lowest BCUT2D eigenvalue weighted by Crippen LogP contribution is -2.13. The fourth-order valence-corrected chi connectivity index (χ4v) is 6.68. The molecule has 0 unspecified atom stereocenters. The third-order valence-corrected chi connectivity index (χ3v) is 9.51. The number of ether oxygens (including phenoxy) is 2. The molecular weight excluding hydrogens is 620 g/mol. The zero-order valence-corrected chi connectivity index (χ0v) is 26.4. The highest BCUT2D eigenvalue weighted by Crippen LogP contribution is 2.27. The van der Waals surface area contributed by atoms with Crippen molar-refractivity contribution in [3.05, 3.63) is 97.3 Å². The molecule has 15 heteroatoms.